The van der Waals surface area contributed by atoms with Gasteiger partial charge in [-0.15, -0.1) is 16.4 Å². The van der Waals surface area contributed by atoms with Crippen molar-refractivity contribution in [3.63, 3.8) is 0 Å². The van der Waals surface area contributed by atoms with E-state index in [9.17, 15) is 4.79 Å². The van der Waals surface area contributed by atoms with Crippen molar-refractivity contribution in [2.24, 2.45) is 5.92 Å². The number of aryl methyl sites for hydroxylation is 2. The first-order valence-electron chi connectivity index (χ1n) is 10.8. The molecule has 0 saturated heterocycles. The zero-order chi connectivity index (χ0) is 20.8. The van der Waals surface area contributed by atoms with Crippen LogP contribution in [0.4, 0.5) is 11.4 Å². The first-order valence-corrected chi connectivity index (χ1v) is 11.7. The summed E-state index contributed by atoms with van der Waals surface area (Å²) in [5.74, 6) is 0.759. The third-order valence-corrected chi connectivity index (χ3v) is 6.74. The van der Waals surface area contributed by atoms with Gasteiger partial charge in [0.25, 0.3) is 0 Å². The molecule has 7 heteroatoms. The second kappa shape index (κ2) is 9.89. The third kappa shape index (κ3) is 5.48. The number of carbonyl (C=O) groups excluding carboxylic acids is 1. The van der Waals surface area contributed by atoms with Crippen LogP contribution in [0.5, 0.6) is 0 Å². The SMILES string of the molecule is Nc1ccc(-c2cccs2)cc1NC(=O)CCc1cn(CCC2CCCCC2)nn1. The molecule has 2 heterocycles. The number of thiophene rings is 1. The molecule has 0 atom stereocenters. The predicted molar refractivity (Wildman–Crippen MR) is 122 cm³/mol. The van der Waals surface area contributed by atoms with Gasteiger partial charge in [0.05, 0.1) is 17.1 Å². The Morgan fingerprint density at radius 3 is 2.90 bits per heavy atom. The van der Waals surface area contributed by atoms with Gasteiger partial charge < -0.3 is 11.1 Å². The van der Waals surface area contributed by atoms with Gasteiger partial charge in [-0.1, -0.05) is 49.5 Å². The number of nitrogen functional groups attached to an aromatic ring is 1. The summed E-state index contributed by atoms with van der Waals surface area (Å²) >= 11 is 1.66. The van der Waals surface area contributed by atoms with E-state index in [1.807, 2.05) is 40.5 Å². The maximum Gasteiger partial charge on any atom is 0.224 e. The van der Waals surface area contributed by atoms with E-state index in [1.165, 1.54) is 38.5 Å². The first-order chi connectivity index (χ1) is 14.7. The fourth-order valence-corrected chi connectivity index (χ4v) is 4.79. The molecule has 4 rings (SSSR count). The number of amides is 1. The lowest BCUT2D eigenvalue weighted by Crippen LogP contribution is -2.13. The highest BCUT2D eigenvalue weighted by Crippen LogP contribution is 2.30. The molecule has 3 N–H and O–H groups in total. The maximum atomic E-state index is 12.5. The van der Waals surface area contributed by atoms with Crippen molar-refractivity contribution < 1.29 is 4.79 Å². The summed E-state index contributed by atoms with van der Waals surface area (Å²) in [5, 5.41) is 13.4. The van der Waals surface area contributed by atoms with E-state index in [4.69, 9.17) is 5.73 Å². The molecule has 1 aliphatic rings. The fourth-order valence-electron chi connectivity index (χ4n) is 4.07. The monoisotopic (exact) mass is 423 g/mol. The summed E-state index contributed by atoms with van der Waals surface area (Å²) in [5.41, 5.74) is 9.19. The highest BCUT2D eigenvalue weighted by Gasteiger charge is 2.14. The molecule has 0 radical (unpaired) electrons. The van der Waals surface area contributed by atoms with Gasteiger partial charge >= 0.3 is 0 Å². The number of carbonyl (C=O) groups is 1. The average molecular weight is 424 g/mol. The number of anilines is 2. The third-order valence-electron chi connectivity index (χ3n) is 5.82. The Kier molecular flexibility index (Phi) is 6.79. The zero-order valence-corrected chi connectivity index (χ0v) is 18.0. The molecule has 0 unspecified atom stereocenters. The summed E-state index contributed by atoms with van der Waals surface area (Å²) in [6.07, 6.45) is 10.9. The van der Waals surface area contributed by atoms with Crippen molar-refractivity contribution >= 4 is 28.6 Å². The fraction of sp³-hybridized carbons (Fsp3) is 0.435. The molecule has 1 fully saturated rings. The van der Waals surface area contributed by atoms with Crippen LogP contribution in [0.15, 0.2) is 41.9 Å². The van der Waals surface area contributed by atoms with E-state index in [-0.39, 0.29) is 5.91 Å². The van der Waals surface area contributed by atoms with Crippen LogP contribution >= 0.6 is 11.3 Å². The van der Waals surface area contributed by atoms with Gasteiger partial charge in [0, 0.05) is 30.5 Å². The zero-order valence-electron chi connectivity index (χ0n) is 17.2. The van der Waals surface area contributed by atoms with Crippen LogP contribution in [0, 0.1) is 5.92 Å². The van der Waals surface area contributed by atoms with Crippen LogP contribution in [0.2, 0.25) is 0 Å². The summed E-state index contributed by atoms with van der Waals surface area (Å²) in [6, 6.07) is 9.81. The first kappa shape index (κ1) is 20.6. The smallest absolute Gasteiger partial charge is 0.224 e. The lowest BCUT2D eigenvalue weighted by atomic mass is 9.87. The van der Waals surface area contributed by atoms with Crippen LogP contribution in [0.1, 0.15) is 50.6 Å². The number of rotatable bonds is 8. The van der Waals surface area contributed by atoms with Gasteiger partial charge in [0.15, 0.2) is 0 Å². The molecule has 1 saturated carbocycles. The van der Waals surface area contributed by atoms with Gasteiger partial charge in [-0.2, -0.15) is 0 Å². The molecule has 158 valence electrons. The molecule has 0 aliphatic heterocycles. The summed E-state index contributed by atoms with van der Waals surface area (Å²) in [6.45, 7) is 0.913. The van der Waals surface area contributed by atoms with E-state index in [0.717, 1.165) is 28.6 Å². The Morgan fingerprint density at radius 2 is 2.10 bits per heavy atom. The van der Waals surface area contributed by atoms with E-state index >= 15 is 0 Å². The second-order valence-corrected chi connectivity index (χ2v) is 9.04. The lowest BCUT2D eigenvalue weighted by molar-refractivity contribution is -0.116. The lowest BCUT2D eigenvalue weighted by Gasteiger charge is -2.20. The van der Waals surface area contributed by atoms with Crippen molar-refractivity contribution in [3.8, 4) is 10.4 Å². The number of hydrogen-bond acceptors (Lipinski definition) is 5. The van der Waals surface area contributed by atoms with Gasteiger partial charge in [-0.3, -0.25) is 9.48 Å². The molecule has 2 aromatic heterocycles. The van der Waals surface area contributed by atoms with Gasteiger partial charge in [-0.05, 0) is 41.5 Å². The Bertz CT molecular complexity index is 960. The Hall–Kier alpha value is -2.67. The van der Waals surface area contributed by atoms with Crippen LogP contribution in [-0.4, -0.2) is 20.9 Å². The van der Waals surface area contributed by atoms with E-state index in [1.54, 1.807) is 11.3 Å². The average Bonchev–Trinajstić information content (AvgIpc) is 3.45. The highest BCUT2D eigenvalue weighted by molar-refractivity contribution is 7.13. The second-order valence-electron chi connectivity index (χ2n) is 8.09. The van der Waals surface area contributed by atoms with Crippen LogP contribution < -0.4 is 11.1 Å². The van der Waals surface area contributed by atoms with E-state index in [0.29, 0.717) is 24.2 Å². The number of hydrogen-bond donors (Lipinski definition) is 2. The summed E-state index contributed by atoms with van der Waals surface area (Å²) in [7, 11) is 0. The van der Waals surface area contributed by atoms with Crippen molar-refractivity contribution in [1.82, 2.24) is 15.0 Å². The molecule has 0 spiro atoms. The van der Waals surface area contributed by atoms with Crippen LogP contribution in [0.25, 0.3) is 10.4 Å². The maximum absolute atomic E-state index is 12.5. The van der Waals surface area contributed by atoms with Crippen molar-refractivity contribution in [3.05, 3.63) is 47.6 Å². The minimum absolute atomic E-state index is 0.0678. The number of benzene rings is 1. The largest absolute Gasteiger partial charge is 0.397 e. The Labute approximate surface area is 181 Å². The Morgan fingerprint density at radius 1 is 1.23 bits per heavy atom. The van der Waals surface area contributed by atoms with Crippen LogP contribution in [0.3, 0.4) is 0 Å². The summed E-state index contributed by atoms with van der Waals surface area (Å²) < 4.78 is 1.92. The number of nitrogens with zero attached hydrogens (tertiary/aromatic N) is 3. The molecule has 3 aromatic rings. The molecule has 6 nitrogen and oxygen atoms in total. The molecule has 1 aromatic carbocycles. The Balaban J connectivity index is 1.27. The normalized spacial score (nSPS) is 14.7. The van der Waals surface area contributed by atoms with Crippen molar-refractivity contribution in [1.29, 1.82) is 0 Å². The van der Waals surface area contributed by atoms with Gasteiger partial charge in [-0.25, -0.2) is 0 Å². The quantitative estimate of drug-likeness (QED) is 0.492. The molecule has 0 bridgehead atoms. The van der Waals surface area contributed by atoms with E-state index < -0.39 is 0 Å². The molecule has 30 heavy (non-hydrogen) atoms. The topological polar surface area (TPSA) is 85.8 Å². The number of aromatic nitrogens is 3. The molecule has 1 aliphatic carbocycles. The van der Waals surface area contributed by atoms with Gasteiger partial charge in [0.2, 0.25) is 5.91 Å². The minimum Gasteiger partial charge on any atom is -0.397 e. The van der Waals surface area contributed by atoms with Crippen LogP contribution in [-0.2, 0) is 17.8 Å². The minimum atomic E-state index is -0.0678. The molecular formula is C23H29N5OS. The van der Waals surface area contributed by atoms with E-state index in [2.05, 4.69) is 21.7 Å². The van der Waals surface area contributed by atoms with Gasteiger partial charge in [0.1, 0.15) is 0 Å². The standard InChI is InChI=1S/C23H29N5OS/c24-20-10-8-18(22-7-4-14-30-22)15-21(20)25-23(29)11-9-19-16-28(27-26-19)13-12-17-5-2-1-3-6-17/h4,7-8,10,14-17H,1-3,5-6,9,11-13,24H2,(H,25,29). The molecule has 1 amide bonds. The predicted octanol–water partition coefficient (Wildman–Crippen LogP) is 5.13. The number of nitrogens with two attached hydrogens (primary N) is 1. The number of nitrogens with one attached hydrogen (secondary N) is 1. The van der Waals surface area contributed by atoms with Crippen molar-refractivity contribution in [2.75, 3.05) is 11.1 Å². The summed E-state index contributed by atoms with van der Waals surface area (Å²) in [4.78, 5) is 13.6. The van der Waals surface area contributed by atoms with Crippen molar-refractivity contribution in [2.45, 2.75) is 57.9 Å². The highest BCUT2D eigenvalue weighted by atomic mass is 32.1. The molecular weight excluding hydrogens is 394 g/mol.